The Morgan fingerprint density at radius 3 is 2.46 bits per heavy atom. The normalized spacial score (nSPS) is 20.8. The molecular formula is C16H24BrCl3N2O2. The zero-order chi connectivity index (χ0) is 15.5. The van der Waals surface area contributed by atoms with Gasteiger partial charge in [0.2, 0.25) is 0 Å². The second-order valence-electron chi connectivity index (χ2n) is 6.01. The third-order valence-electron chi connectivity index (χ3n) is 4.63. The number of nitrogens with zero attached hydrogens (tertiary/aromatic N) is 1. The van der Waals surface area contributed by atoms with Crippen molar-refractivity contribution in [2.75, 3.05) is 39.4 Å². The third kappa shape index (κ3) is 5.13. The molecule has 8 heteroatoms. The van der Waals surface area contributed by atoms with Crippen LogP contribution < -0.4 is 5.32 Å². The first-order chi connectivity index (χ1) is 10.7. The van der Waals surface area contributed by atoms with Crippen molar-refractivity contribution in [2.24, 2.45) is 5.92 Å². The number of benzene rings is 1. The minimum atomic E-state index is 0. The number of piperazine rings is 1. The second kappa shape index (κ2) is 10.4. The summed E-state index contributed by atoms with van der Waals surface area (Å²) in [4.78, 5) is 2.48. The smallest absolute Gasteiger partial charge is 0.134 e. The Morgan fingerprint density at radius 2 is 1.83 bits per heavy atom. The summed E-state index contributed by atoms with van der Waals surface area (Å²) < 4.78 is 6.19. The van der Waals surface area contributed by atoms with Crippen molar-refractivity contribution in [3.63, 3.8) is 0 Å². The summed E-state index contributed by atoms with van der Waals surface area (Å²) in [6.07, 6.45) is 2.05. The minimum absolute atomic E-state index is 0. The number of hydrogen-bond donors (Lipinski definition) is 2. The van der Waals surface area contributed by atoms with Crippen LogP contribution in [0, 0.1) is 5.92 Å². The molecule has 0 spiro atoms. The van der Waals surface area contributed by atoms with Crippen LogP contribution in [-0.2, 0) is 4.74 Å². The van der Waals surface area contributed by atoms with Gasteiger partial charge >= 0.3 is 0 Å². The summed E-state index contributed by atoms with van der Waals surface area (Å²) >= 11 is 9.67. The summed E-state index contributed by atoms with van der Waals surface area (Å²) in [5.41, 5.74) is 0.938. The molecular weight excluding hydrogens is 438 g/mol. The Balaban J connectivity index is 0.00000144. The number of aromatic hydroxyl groups is 1. The molecule has 0 bridgehead atoms. The van der Waals surface area contributed by atoms with Crippen LogP contribution in [0.1, 0.15) is 24.4 Å². The van der Waals surface area contributed by atoms with Gasteiger partial charge in [-0.15, -0.1) is 24.8 Å². The average molecular weight is 463 g/mol. The van der Waals surface area contributed by atoms with Gasteiger partial charge < -0.3 is 15.2 Å². The van der Waals surface area contributed by atoms with E-state index in [1.165, 1.54) is 0 Å². The monoisotopic (exact) mass is 460 g/mol. The Hall–Kier alpha value is 0.250. The van der Waals surface area contributed by atoms with Crippen LogP contribution in [0.15, 0.2) is 16.6 Å². The standard InChI is InChI=1S/C16H22BrClN2O2.2ClH/c17-14-10-12(18)9-13(16(14)21)15(11-1-7-22-8-2-11)20-5-3-19-4-6-20;;/h9-11,15,19,21H,1-8H2;2*1H/t15-;;/m1../s1. The first-order valence-electron chi connectivity index (χ1n) is 7.87. The van der Waals surface area contributed by atoms with E-state index in [2.05, 4.69) is 26.1 Å². The number of rotatable bonds is 3. The number of nitrogens with one attached hydrogen (secondary N) is 1. The second-order valence-corrected chi connectivity index (χ2v) is 7.30. The lowest BCUT2D eigenvalue weighted by Gasteiger charge is -2.41. The van der Waals surface area contributed by atoms with Crippen molar-refractivity contribution in [3.8, 4) is 5.75 Å². The van der Waals surface area contributed by atoms with Crippen LogP contribution in [0.25, 0.3) is 0 Å². The molecule has 138 valence electrons. The highest BCUT2D eigenvalue weighted by molar-refractivity contribution is 9.10. The molecule has 0 unspecified atom stereocenters. The molecule has 2 aliphatic heterocycles. The van der Waals surface area contributed by atoms with Crippen molar-refractivity contribution in [3.05, 3.63) is 27.2 Å². The average Bonchev–Trinajstić information content (AvgIpc) is 2.54. The zero-order valence-corrected chi connectivity index (χ0v) is 17.3. The summed E-state index contributed by atoms with van der Waals surface area (Å²) in [5, 5.41) is 14.6. The number of ether oxygens (including phenoxy) is 1. The van der Waals surface area contributed by atoms with Crippen LogP contribution >= 0.6 is 52.3 Å². The SMILES string of the molecule is Cl.Cl.Oc1c(Br)cc(Cl)cc1[C@@H](C1CCOCC1)N1CCNCC1. The lowest BCUT2D eigenvalue weighted by molar-refractivity contribution is 0.0206. The molecule has 2 saturated heterocycles. The molecule has 2 fully saturated rings. The number of halogens is 4. The summed E-state index contributed by atoms with van der Waals surface area (Å²) in [6.45, 7) is 5.56. The van der Waals surface area contributed by atoms with E-state index in [0.29, 0.717) is 21.2 Å². The minimum Gasteiger partial charge on any atom is -0.506 e. The van der Waals surface area contributed by atoms with Crippen molar-refractivity contribution in [2.45, 2.75) is 18.9 Å². The molecule has 0 aliphatic carbocycles. The maximum atomic E-state index is 10.6. The van der Waals surface area contributed by atoms with E-state index in [9.17, 15) is 5.11 Å². The highest BCUT2D eigenvalue weighted by Gasteiger charge is 2.33. The van der Waals surface area contributed by atoms with Crippen LogP contribution in [0.4, 0.5) is 0 Å². The van der Waals surface area contributed by atoms with Crippen molar-refractivity contribution in [1.29, 1.82) is 0 Å². The molecule has 2 N–H and O–H groups in total. The Morgan fingerprint density at radius 1 is 1.21 bits per heavy atom. The largest absolute Gasteiger partial charge is 0.506 e. The van der Waals surface area contributed by atoms with Gasteiger partial charge in [0.1, 0.15) is 5.75 Å². The van der Waals surface area contributed by atoms with E-state index < -0.39 is 0 Å². The molecule has 1 aromatic carbocycles. The lowest BCUT2D eigenvalue weighted by Crippen LogP contribution is -2.47. The van der Waals surface area contributed by atoms with E-state index in [-0.39, 0.29) is 30.9 Å². The van der Waals surface area contributed by atoms with Crippen molar-refractivity contribution >= 4 is 52.3 Å². The van der Waals surface area contributed by atoms with Gasteiger partial charge in [0.25, 0.3) is 0 Å². The molecule has 0 radical (unpaired) electrons. The van der Waals surface area contributed by atoms with Crippen LogP contribution in [-0.4, -0.2) is 49.4 Å². The van der Waals surface area contributed by atoms with Gasteiger partial charge in [0, 0.05) is 56.0 Å². The van der Waals surface area contributed by atoms with E-state index in [1.54, 1.807) is 6.07 Å². The fourth-order valence-electron chi connectivity index (χ4n) is 3.55. The topological polar surface area (TPSA) is 44.7 Å². The molecule has 4 nitrogen and oxygen atoms in total. The summed E-state index contributed by atoms with van der Waals surface area (Å²) in [7, 11) is 0. The van der Waals surface area contributed by atoms with Gasteiger partial charge in [0.15, 0.2) is 0 Å². The van der Waals surface area contributed by atoms with E-state index in [0.717, 1.165) is 57.8 Å². The first-order valence-corrected chi connectivity index (χ1v) is 9.04. The molecule has 0 amide bonds. The van der Waals surface area contributed by atoms with Gasteiger partial charge in [0.05, 0.1) is 4.47 Å². The van der Waals surface area contributed by atoms with Gasteiger partial charge in [-0.05, 0) is 46.8 Å². The molecule has 1 atom stereocenters. The fourth-order valence-corrected chi connectivity index (χ4v) is 4.39. The third-order valence-corrected chi connectivity index (χ3v) is 5.46. The molecule has 2 aliphatic rings. The Bertz CT molecular complexity index is 506. The maximum absolute atomic E-state index is 10.6. The first kappa shape index (κ1) is 22.3. The van der Waals surface area contributed by atoms with Gasteiger partial charge in [-0.1, -0.05) is 11.6 Å². The molecule has 0 saturated carbocycles. The van der Waals surface area contributed by atoms with Crippen LogP contribution in [0.3, 0.4) is 0 Å². The van der Waals surface area contributed by atoms with E-state index >= 15 is 0 Å². The molecule has 2 heterocycles. The summed E-state index contributed by atoms with van der Waals surface area (Å²) in [5.74, 6) is 0.808. The predicted molar refractivity (Wildman–Crippen MR) is 106 cm³/mol. The molecule has 1 aromatic rings. The van der Waals surface area contributed by atoms with E-state index in [1.807, 2.05) is 6.07 Å². The molecule has 0 aromatic heterocycles. The summed E-state index contributed by atoms with van der Waals surface area (Å²) in [6, 6.07) is 3.87. The highest BCUT2D eigenvalue weighted by Crippen LogP contribution is 2.43. The maximum Gasteiger partial charge on any atom is 0.134 e. The van der Waals surface area contributed by atoms with E-state index in [4.69, 9.17) is 16.3 Å². The lowest BCUT2D eigenvalue weighted by atomic mass is 9.85. The number of phenolic OH excluding ortho intramolecular Hbond substituents is 1. The molecule has 24 heavy (non-hydrogen) atoms. The van der Waals surface area contributed by atoms with Gasteiger partial charge in [-0.2, -0.15) is 0 Å². The van der Waals surface area contributed by atoms with Gasteiger partial charge in [-0.3, -0.25) is 4.90 Å². The highest BCUT2D eigenvalue weighted by atomic mass is 79.9. The van der Waals surface area contributed by atoms with Crippen molar-refractivity contribution in [1.82, 2.24) is 10.2 Å². The van der Waals surface area contributed by atoms with Gasteiger partial charge in [-0.25, -0.2) is 0 Å². The zero-order valence-electron chi connectivity index (χ0n) is 13.3. The van der Waals surface area contributed by atoms with Crippen LogP contribution in [0.2, 0.25) is 5.02 Å². The Labute approximate surface area is 169 Å². The molecule has 3 rings (SSSR count). The van der Waals surface area contributed by atoms with Crippen molar-refractivity contribution < 1.29 is 9.84 Å². The predicted octanol–water partition coefficient (Wildman–Crippen LogP) is 4.02. The quantitative estimate of drug-likeness (QED) is 0.712. The van der Waals surface area contributed by atoms with Crippen LogP contribution in [0.5, 0.6) is 5.75 Å². The number of phenols is 1. The fraction of sp³-hybridized carbons (Fsp3) is 0.625. The number of hydrogen-bond acceptors (Lipinski definition) is 4. The Kier molecular flexibility index (Phi) is 9.67.